The summed E-state index contributed by atoms with van der Waals surface area (Å²) in [5.74, 6) is -0.426. The van der Waals surface area contributed by atoms with Crippen LogP contribution in [0.2, 0.25) is 0 Å². The molecule has 7 rings (SSSR count). The number of hydrogen-bond acceptors (Lipinski definition) is 7. The van der Waals surface area contributed by atoms with Crippen molar-refractivity contribution in [3.63, 3.8) is 0 Å². The molecule has 0 radical (unpaired) electrons. The lowest BCUT2D eigenvalue weighted by Gasteiger charge is -2.41. The van der Waals surface area contributed by atoms with Crippen LogP contribution in [-0.4, -0.2) is 78.8 Å². The zero-order valence-corrected chi connectivity index (χ0v) is 28.7. The van der Waals surface area contributed by atoms with Crippen molar-refractivity contribution in [1.29, 1.82) is 0 Å². The molecule has 3 aromatic carbocycles. The smallest absolute Gasteiger partial charge is 0.392 e. The van der Waals surface area contributed by atoms with Crippen molar-refractivity contribution in [2.75, 3.05) is 32.4 Å². The largest absolute Gasteiger partial charge is 0.416 e. The molecule has 0 bridgehead atoms. The van der Waals surface area contributed by atoms with E-state index in [1.807, 2.05) is 30.3 Å². The molecule has 12 heteroatoms. The van der Waals surface area contributed by atoms with E-state index in [4.69, 9.17) is 4.98 Å². The molecule has 0 spiro atoms. The predicted octanol–water partition coefficient (Wildman–Crippen LogP) is 6.16. The van der Waals surface area contributed by atoms with Gasteiger partial charge in [0.1, 0.15) is 0 Å². The van der Waals surface area contributed by atoms with Crippen LogP contribution >= 0.6 is 0 Å². The number of aliphatic hydroxyl groups is 1. The van der Waals surface area contributed by atoms with Gasteiger partial charge in [-0.1, -0.05) is 42.5 Å². The van der Waals surface area contributed by atoms with Crippen LogP contribution in [0.5, 0.6) is 0 Å². The van der Waals surface area contributed by atoms with Gasteiger partial charge in [-0.2, -0.15) is 13.2 Å². The Labute approximate surface area is 290 Å². The van der Waals surface area contributed by atoms with Crippen LogP contribution in [0.1, 0.15) is 65.6 Å². The minimum absolute atomic E-state index is 0.0207. The number of benzene rings is 3. The summed E-state index contributed by atoms with van der Waals surface area (Å²) in [7, 11) is -3.67. The van der Waals surface area contributed by atoms with E-state index in [2.05, 4.69) is 15.1 Å². The number of sulfone groups is 1. The minimum Gasteiger partial charge on any atom is -0.392 e. The molecule has 8 nitrogen and oxygen atoms in total. The Balaban J connectivity index is 1.35. The molecule has 3 aliphatic rings. The van der Waals surface area contributed by atoms with Gasteiger partial charge in [0.05, 0.1) is 38.9 Å². The molecule has 1 saturated carbocycles. The lowest BCUT2D eigenvalue weighted by molar-refractivity contribution is -0.137. The second-order valence-corrected chi connectivity index (χ2v) is 16.1. The van der Waals surface area contributed by atoms with Gasteiger partial charge in [0.25, 0.3) is 5.91 Å². The molecular formula is C38H41F3N4O4S. The average Bonchev–Trinajstić information content (AvgIpc) is 3.88. The number of alkyl halides is 3. The highest BCUT2D eigenvalue weighted by Crippen LogP contribution is 2.46. The van der Waals surface area contributed by atoms with E-state index in [0.717, 1.165) is 69.0 Å². The first-order valence-electron chi connectivity index (χ1n) is 17.2. The van der Waals surface area contributed by atoms with Crippen molar-refractivity contribution < 1.29 is 31.5 Å². The molecule has 2 aliphatic heterocycles. The van der Waals surface area contributed by atoms with Gasteiger partial charge < -0.3 is 10.4 Å². The monoisotopic (exact) mass is 706 g/mol. The van der Waals surface area contributed by atoms with Crippen LogP contribution in [0.15, 0.2) is 77.7 Å². The van der Waals surface area contributed by atoms with Gasteiger partial charge >= 0.3 is 6.18 Å². The molecule has 1 aromatic heterocycles. The highest BCUT2D eigenvalue weighted by molar-refractivity contribution is 7.90. The first-order valence-corrected chi connectivity index (χ1v) is 19.1. The van der Waals surface area contributed by atoms with Crippen LogP contribution in [0.3, 0.4) is 0 Å². The number of nitrogens with zero attached hydrogens (tertiary/aromatic N) is 3. The van der Waals surface area contributed by atoms with E-state index in [9.17, 15) is 31.5 Å². The average molecular weight is 707 g/mol. The highest BCUT2D eigenvalue weighted by atomic mass is 32.2. The normalized spacial score (nSPS) is 20.5. The number of pyridine rings is 1. The number of fused-ring (bicyclic) bond motifs is 1. The molecule has 3 heterocycles. The van der Waals surface area contributed by atoms with Gasteiger partial charge in [0.2, 0.25) is 0 Å². The van der Waals surface area contributed by atoms with Gasteiger partial charge in [-0.3, -0.25) is 14.6 Å². The first-order chi connectivity index (χ1) is 23.8. The number of carbonyl (C=O) groups is 1. The summed E-state index contributed by atoms with van der Waals surface area (Å²) in [6, 6.07) is 19.3. The number of hydrogen-bond donors (Lipinski definition) is 2. The summed E-state index contributed by atoms with van der Waals surface area (Å²) in [5, 5.41) is 13.8. The van der Waals surface area contributed by atoms with Crippen molar-refractivity contribution in [3.05, 3.63) is 95.1 Å². The molecule has 50 heavy (non-hydrogen) atoms. The van der Waals surface area contributed by atoms with E-state index in [0.29, 0.717) is 42.1 Å². The third-order valence-electron chi connectivity index (χ3n) is 10.5. The van der Waals surface area contributed by atoms with E-state index < -0.39 is 33.0 Å². The fraction of sp³-hybridized carbons (Fsp3) is 0.421. The zero-order chi connectivity index (χ0) is 35.3. The predicted molar refractivity (Wildman–Crippen MR) is 185 cm³/mol. The number of nitrogens with one attached hydrogen (secondary N) is 1. The van der Waals surface area contributed by atoms with Crippen LogP contribution in [0.4, 0.5) is 13.2 Å². The second kappa shape index (κ2) is 13.4. The van der Waals surface area contributed by atoms with Crippen LogP contribution in [0, 0.1) is 0 Å². The van der Waals surface area contributed by atoms with Crippen molar-refractivity contribution >= 4 is 26.6 Å². The molecule has 3 fully saturated rings. The molecule has 2 N–H and O–H groups in total. The Hall–Kier alpha value is -3.84. The Bertz CT molecular complexity index is 2010. The Morgan fingerprint density at radius 2 is 1.72 bits per heavy atom. The maximum Gasteiger partial charge on any atom is 0.416 e. The second-order valence-electron chi connectivity index (χ2n) is 14.0. The number of carbonyl (C=O) groups excluding carboxylic acids is 1. The van der Waals surface area contributed by atoms with Gasteiger partial charge in [-0.25, -0.2) is 13.4 Å². The van der Waals surface area contributed by atoms with E-state index in [-0.39, 0.29) is 34.4 Å². The Morgan fingerprint density at radius 3 is 2.38 bits per heavy atom. The summed E-state index contributed by atoms with van der Waals surface area (Å²) in [5.41, 5.74) is 0.983. The topological polar surface area (TPSA) is 103 Å². The molecular weight excluding hydrogens is 666 g/mol. The highest BCUT2D eigenvalue weighted by Gasteiger charge is 2.46. The van der Waals surface area contributed by atoms with Crippen LogP contribution in [-0.2, 0) is 28.1 Å². The molecule has 1 amide bonds. The van der Waals surface area contributed by atoms with Crippen molar-refractivity contribution in [2.24, 2.45) is 0 Å². The van der Waals surface area contributed by atoms with Crippen molar-refractivity contribution in [1.82, 2.24) is 20.1 Å². The number of aliphatic hydroxyl groups excluding tert-OH is 1. The van der Waals surface area contributed by atoms with Crippen molar-refractivity contribution in [3.8, 4) is 11.3 Å². The summed E-state index contributed by atoms with van der Waals surface area (Å²) in [6.07, 6.45) is 1.04. The molecule has 2 saturated heterocycles. The Kier molecular flexibility index (Phi) is 9.25. The molecule has 0 unspecified atom stereocenters. The van der Waals surface area contributed by atoms with Gasteiger partial charge in [0.15, 0.2) is 9.84 Å². The number of piperidine rings is 2. The summed E-state index contributed by atoms with van der Waals surface area (Å²) in [6.45, 7) is 3.17. The number of amides is 1. The molecule has 1 atom stereocenters. The lowest BCUT2D eigenvalue weighted by Crippen LogP contribution is -2.49. The SMILES string of the molecule is CS(=O)(=O)c1ccc2nc(-c3cccc(C(F)(F)F)c3)c(CN3CCC(N4CCC[C@H](O)C4)CC3)c(C(=O)NC3(c4ccccc4)CC3)c2c1. The van der Waals surface area contributed by atoms with Crippen LogP contribution in [0.25, 0.3) is 22.2 Å². The fourth-order valence-corrected chi connectivity index (χ4v) is 8.28. The number of aromatic nitrogens is 1. The Morgan fingerprint density at radius 1 is 0.980 bits per heavy atom. The standard InChI is InChI=1S/C38H41F3N4O4S/c1-50(48,49)30-12-13-33-31(22-30)34(36(47)43-37(16-17-37)26-8-3-2-4-9-26)32(35(42-33)25-7-5-10-27(21-25)38(39,40)41)24-44-19-14-28(15-20-44)45-18-6-11-29(46)23-45/h2-5,7-10,12-13,21-22,28-29,46H,6,11,14-20,23-24H2,1H3,(H,43,47)/t29-/m0/s1. The number of rotatable bonds is 8. The number of β-amino-alcohol motifs (C(OH)–C–C–N with tert-alkyl or cyclic N) is 1. The third-order valence-corrected chi connectivity index (χ3v) is 11.6. The van der Waals surface area contributed by atoms with Gasteiger partial charge in [0, 0.05) is 41.9 Å². The maximum atomic E-state index is 14.7. The minimum atomic E-state index is -4.59. The summed E-state index contributed by atoms with van der Waals surface area (Å²) in [4.78, 5) is 24.1. The maximum absolute atomic E-state index is 14.7. The van der Waals surface area contributed by atoms with Crippen LogP contribution < -0.4 is 5.32 Å². The number of halogens is 3. The lowest BCUT2D eigenvalue weighted by atomic mass is 9.93. The summed E-state index contributed by atoms with van der Waals surface area (Å²) < 4.78 is 67.4. The zero-order valence-electron chi connectivity index (χ0n) is 27.9. The summed E-state index contributed by atoms with van der Waals surface area (Å²) >= 11 is 0. The van der Waals surface area contributed by atoms with E-state index in [1.54, 1.807) is 6.07 Å². The third kappa shape index (κ3) is 7.16. The number of likely N-dealkylation sites (tertiary alicyclic amines) is 2. The first kappa shape index (κ1) is 34.6. The van der Waals surface area contributed by atoms with Gasteiger partial charge in [-0.05, 0) is 94.1 Å². The fourth-order valence-electron chi connectivity index (χ4n) is 7.64. The molecule has 4 aromatic rings. The van der Waals surface area contributed by atoms with Gasteiger partial charge in [-0.15, -0.1) is 0 Å². The molecule has 1 aliphatic carbocycles. The van der Waals surface area contributed by atoms with Crippen molar-refractivity contribution in [2.45, 2.75) is 73.8 Å². The van der Waals surface area contributed by atoms with E-state index in [1.165, 1.54) is 24.3 Å². The molecule has 264 valence electrons. The van der Waals surface area contributed by atoms with E-state index >= 15 is 0 Å². The quantitative estimate of drug-likeness (QED) is 0.226.